The zero-order chi connectivity index (χ0) is 68.2. The summed E-state index contributed by atoms with van der Waals surface area (Å²) >= 11 is 0. The number of hydrogen-bond donors (Lipinski definition) is 7. The number of imidazole rings is 1. The van der Waals surface area contributed by atoms with Crippen LogP contribution in [0.2, 0.25) is 0 Å². The van der Waals surface area contributed by atoms with Crippen LogP contribution in [0, 0.1) is 13.8 Å². The summed E-state index contributed by atoms with van der Waals surface area (Å²) in [6, 6.07) is 4.70. The molecule has 32 heteroatoms. The van der Waals surface area contributed by atoms with E-state index in [0.717, 1.165) is 12.7 Å². The highest BCUT2D eigenvalue weighted by Crippen LogP contribution is 2.27. The molecule has 3 heterocycles. The van der Waals surface area contributed by atoms with Crippen molar-refractivity contribution in [3.05, 3.63) is 81.4 Å². The van der Waals surface area contributed by atoms with Gasteiger partial charge in [0.15, 0.2) is 0 Å². The minimum absolute atomic E-state index is 0.00404. The summed E-state index contributed by atoms with van der Waals surface area (Å²) in [7, 11) is 4.22. The monoisotopic (exact) mass is 1320 g/mol. The van der Waals surface area contributed by atoms with Crippen LogP contribution in [0.1, 0.15) is 66.6 Å². The number of fused-ring (bicyclic) bond motifs is 1. The number of sulfonamides is 1. The molecule has 0 spiro atoms. The van der Waals surface area contributed by atoms with Gasteiger partial charge < -0.3 is 60.0 Å². The second kappa shape index (κ2) is 38.2. The standard InChI is InChI=1S/C61H92N14O17S/c1-11-47(68-59(83)48(12-2)67-52(77)38-73-23-21-72(29-31-92-90-10)22-24-74(39-53(78)87-7)27-28-75(26-25-73)40-54(79)88-8)58(82)63-18-17-62-51(76)14-13-30-91-44-32-41(3)56(42(4)33-44)93(85,86)69-49(60(84)89-9)36-65-57(81)46-37-71(6)50-34-43(15-16-45(50)55(46)80)35-66-61-64-19-20-70(61)5/h15-16,19-20,32-34,37,47-49,69H,11-14,17-18,21-31,35-36,38-40H2,1-10H3,(H,62,76)(H,63,82)(H,64,66)(H,65,81)(H,67,77)(H,68,83)/t47-,48-,49?/m0/s1. The van der Waals surface area contributed by atoms with Crippen LogP contribution in [0.25, 0.3) is 10.9 Å². The summed E-state index contributed by atoms with van der Waals surface area (Å²) in [6.45, 7) is 11.0. The maximum Gasteiger partial charge on any atom is 0.325 e. The molecule has 5 amide bonds. The molecular formula is C61H92N14O17S. The number of aromatic nitrogens is 3. The number of carbonyl (C=O) groups excluding carboxylic acids is 8. The minimum atomic E-state index is -4.44. The van der Waals surface area contributed by atoms with E-state index in [-0.39, 0.29) is 110 Å². The van der Waals surface area contributed by atoms with Crippen molar-refractivity contribution in [2.75, 3.05) is 145 Å². The largest absolute Gasteiger partial charge is 0.494 e. The Morgan fingerprint density at radius 2 is 1.26 bits per heavy atom. The highest BCUT2D eigenvalue weighted by atomic mass is 32.2. The number of esters is 3. The fraction of sp³-hybridized carbons (Fsp3) is 0.574. The van der Waals surface area contributed by atoms with Crippen molar-refractivity contribution >= 4 is 74.3 Å². The average molecular weight is 1330 g/mol. The number of methoxy groups -OCH3 is 3. The second-order valence-corrected chi connectivity index (χ2v) is 23.9. The Morgan fingerprint density at radius 3 is 1.83 bits per heavy atom. The van der Waals surface area contributed by atoms with Gasteiger partial charge in [-0.05, 0) is 74.1 Å². The zero-order valence-electron chi connectivity index (χ0n) is 54.9. The molecule has 0 bridgehead atoms. The van der Waals surface area contributed by atoms with Crippen molar-refractivity contribution in [1.29, 1.82) is 0 Å². The number of benzene rings is 2. The number of nitrogens with zero attached hydrogens (tertiary/aromatic N) is 7. The van der Waals surface area contributed by atoms with Gasteiger partial charge in [-0.1, -0.05) is 19.9 Å². The molecule has 1 aliphatic heterocycles. The van der Waals surface area contributed by atoms with Crippen molar-refractivity contribution in [3.8, 4) is 5.75 Å². The highest BCUT2D eigenvalue weighted by molar-refractivity contribution is 7.89. The lowest BCUT2D eigenvalue weighted by molar-refractivity contribution is -0.273. The molecule has 31 nitrogen and oxygen atoms in total. The van der Waals surface area contributed by atoms with Crippen LogP contribution in [-0.2, 0) is 88.2 Å². The van der Waals surface area contributed by atoms with Gasteiger partial charge in [0.25, 0.3) is 5.91 Å². The molecule has 0 saturated carbocycles. The molecule has 5 rings (SSSR count). The number of amides is 5. The first-order valence-corrected chi connectivity index (χ1v) is 32.2. The molecule has 514 valence electrons. The number of pyridine rings is 1. The number of rotatable bonds is 34. The van der Waals surface area contributed by atoms with E-state index >= 15 is 0 Å². The third-order valence-electron chi connectivity index (χ3n) is 15.5. The third-order valence-corrected chi connectivity index (χ3v) is 17.2. The van der Waals surface area contributed by atoms with Gasteiger partial charge in [0, 0.05) is 130 Å². The molecule has 4 aromatic rings. The van der Waals surface area contributed by atoms with Gasteiger partial charge in [0.1, 0.15) is 29.4 Å². The molecule has 1 unspecified atom stereocenters. The van der Waals surface area contributed by atoms with Gasteiger partial charge in [-0.25, -0.2) is 23.2 Å². The van der Waals surface area contributed by atoms with Gasteiger partial charge >= 0.3 is 17.9 Å². The van der Waals surface area contributed by atoms with E-state index in [2.05, 4.69) is 46.5 Å². The Bertz CT molecular complexity index is 3340. The number of carbonyl (C=O) groups is 8. The Kier molecular flexibility index (Phi) is 31.0. The predicted molar refractivity (Wildman–Crippen MR) is 342 cm³/mol. The molecule has 1 fully saturated rings. The zero-order valence-corrected chi connectivity index (χ0v) is 55.7. The van der Waals surface area contributed by atoms with E-state index in [1.165, 1.54) is 39.7 Å². The summed E-state index contributed by atoms with van der Waals surface area (Å²) in [4.78, 5) is 140. The number of anilines is 1. The first-order chi connectivity index (χ1) is 44.4. The summed E-state index contributed by atoms with van der Waals surface area (Å²) < 4.78 is 54.2. The van der Waals surface area contributed by atoms with Crippen molar-refractivity contribution in [3.63, 3.8) is 0 Å². The fourth-order valence-corrected chi connectivity index (χ4v) is 11.9. The normalized spacial score (nSPS) is 14.9. The average Bonchev–Trinajstić information content (AvgIpc) is 1.02. The van der Waals surface area contributed by atoms with E-state index in [1.54, 1.807) is 63.8 Å². The SMILES string of the molecule is CC[C@H](NC(=O)CN1CCN(CCOOC)CCN(CC(=O)OC)CCN(CC(=O)OC)CC1)C(=O)N[C@@H](CC)C(=O)NCCNC(=O)CCCOc1cc(C)c(S(=O)(=O)NC(CNC(=O)c2cn(C)c3cc(CNc4nccn4C)ccc3c2=O)C(=O)OC)c(C)c1. The van der Waals surface area contributed by atoms with Crippen molar-refractivity contribution in [1.82, 2.24) is 65.0 Å². The number of ether oxygens (including phenoxy) is 4. The van der Waals surface area contributed by atoms with Crippen LogP contribution in [0.4, 0.5) is 5.95 Å². The van der Waals surface area contributed by atoms with Gasteiger partial charge in [0.05, 0.1) is 71.7 Å². The molecular weight excluding hydrogens is 1230 g/mol. The number of hydrogen-bond acceptors (Lipinski definition) is 23. The summed E-state index contributed by atoms with van der Waals surface area (Å²) in [5, 5.41) is 17.0. The van der Waals surface area contributed by atoms with Crippen molar-refractivity contribution in [2.24, 2.45) is 14.1 Å². The lowest BCUT2D eigenvalue weighted by Crippen LogP contribution is -2.55. The Hall–Kier alpha value is -8.11. The second-order valence-electron chi connectivity index (χ2n) is 22.2. The Morgan fingerprint density at radius 1 is 0.667 bits per heavy atom. The molecule has 2 aromatic carbocycles. The summed E-state index contributed by atoms with van der Waals surface area (Å²) in [6.07, 6.45) is 5.63. The Balaban J connectivity index is 1.05. The molecule has 7 N–H and O–H groups in total. The Labute approximate surface area is 542 Å². The molecule has 0 radical (unpaired) electrons. The third kappa shape index (κ3) is 24.1. The fourth-order valence-electron chi connectivity index (χ4n) is 10.2. The summed E-state index contributed by atoms with van der Waals surface area (Å²) in [5.41, 5.74) is 1.19. The first-order valence-electron chi connectivity index (χ1n) is 30.7. The van der Waals surface area contributed by atoms with Crippen LogP contribution >= 0.6 is 0 Å². The molecule has 0 aliphatic carbocycles. The van der Waals surface area contributed by atoms with E-state index < -0.39 is 75.7 Å². The molecule has 3 atom stereocenters. The van der Waals surface area contributed by atoms with E-state index in [4.69, 9.17) is 28.7 Å². The first kappa shape index (κ1) is 75.6. The van der Waals surface area contributed by atoms with Gasteiger partial charge in [-0.2, -0.15) is 4.72 Å². The highest BCUT2D eigenvalue weighted by Gasteiger charge is 2.31. The molecule has 2 aromatic heterocycles. The molecule has 1 saturated heterocycles. The quantitative estimate of drug-likeness (QED) is 0.00977. The summed E-state index contributed by atoms with van der Waals surface area (Å²) in [5.74, 6) is -3.45. The van der Waals surface area contributed by atoms with Crippen molar-refractivity contribution < 1.29 is 75.5 Å². The maximum atomic E-state index is 13.9. The van der Waals surface area contributed by atoms with Crippen LogP contribution in [0.15, 0.2) is 58.6 Å². The lowest BCUT2D eigenvalue weighted by Gasteiger charge is -2.33. The van der Waals surface area contributed by atoms with E-state index in [9.17, 15) is 51.6 Å². The van der Waals surface area contributed by atoms with Crippen molar-refractivity contribution in [2.45, 2.75) is 82.9 Å². The van der Waals surface area contributed by atoms with Gasteiger partial charge in [-0.15, -0.1) is 0 Å². The lowest BCUT2D eigenvalue weighted by atomic mass is 10.1. The van der Waals surface area contributed by atoms with E-state index in [0.29, 0.717) is 82.7 Å². The maximum absolute atomic E-state index is 13.9. The number of nitrogens with one attached hydrogen (secondary N) is 7. The molecule has 1 aliphatic rings. The van der Waals surface area contributed by atoms with E-state index in [1.807, 2.05) is 32.4 Å². The van der Waals surface area contributed by atoms with Crippen LogP contribution < -0.4 is 46.8 Å². The van der Waals surface area contributed by atoms with Crippen LogP contribution in [0.3, 0.4) is 0 Å². The topological polar surface area (TPSA) is 363 Å². The van der Waals surface area contributed by atoms with Gasteiger partial charge in [-0.3, -0.25) is 62.8 Å². The minimum Gasteiger partial charge on any atom is -0.494 e. The van der Waals surface area contributed by atoms with Gasteiger partial charge in [0.2, 0.25) is 45.0 Å². The molecule has 93 heavy (non-hydrogen) atoms. The van der Waals surface area contributed by atoms with Crippen LogP contribution in [-0.4, -0.2) is 248 Å². The smallest absolute Gasteiger partial charge is 0.325 e. The predicted octanol–water partition coefficient (Wildman–Crippen LogP) is -0.923. The number of aryl methyl sites for hydroxylation is 4. The van der Waals surface area contributed by atoms with Crippen LogP contribution in [0.5, 0.6) is 5.75 Å².